The molecular weight excluding hydrogens is 308 g/mol. The van der Waals surface area contributed by atoms with E-state index in [-0.39, 0.29) is 5.63 Å². The van der Waals surface area contributed by atoms with Gasteiger partial charge in [0.05, 0.1) is 0 Å². The quantitative estimate of drug-likeness (QED) is 0.448. The first-order valence-corrected chi connectivity index (χ1v) is 8.60. The van der Waals surface area contributed by atoms with Gasteiger partial charge in [0, 0.05) is 29.8 Å². The van der Waals surface area contributed by atoms with E-state index in [1.165, 1.54) is 31.7 Å². The van der Waals surface area contributed by atoms with Crippen LogP contribution in [0.4, 0.5) is 5.69 Å². The van der Waals surface area contributed by atoms with Crippen LogP contribution in [-0.2, 0) is 0 Å². The van der Waals surface area contributed by atoms with Crippen molar-refractivity contribution < 1.29 is 4.42 Å². The molecule has 1 aromatic heterocycles. The van der Waals surface area contributed by atoms with E-state index in [2.05, 4.69) is 17.6 Å². The van der Waals surface area contributed by atoms with Gasteiger partial charge in [0.1, 0.15) is 5.58 Å². The lowest BCUT2D eigenvalue weighted by Gasteiger charge is -2.11. The molecule has 0 bridgehead atoms. The van der Waals surface area contributed by atoms with Crippen LogP contribution in [0.5, 0.6) is 0 Å². The van der Waals surface area contributed by atoms with Crippen molar-refractivity contribution in [3.63, 3.8) is 0 Å². The minimum Gasteiger partial charge on any atom is -0.423 e. The van der Waals surface area contributed by atoms with Crippen molar-refractivity contribution in [1.82, 2.24) is 5.32 Å². The summed E-state index contributed by atoms with van der Waals surface area (Å²) in [4.78, 5) is 11.5. The van der Waals surface area contributed by atoms with Gasteiger partial charge in [-0.25, -0.2) is 4.79 Å². The number of thiocarbonyl (C=S) groups is 1. The van der Waals surface area contributed by atoms with E-state index in [4.69, 9.17) is 16.6 Å². The van der Waals surface area contributed by atoms with Gasteiger partial charge in [0.25, 0.3) is 0 Å². The lowest BCUT2D eigenvalue weighted by Crippen LogP contribution is -2.29. The molecule has 0 saturated carbocycles. The zero-order valence-electron chi connectivity index (χ0n) is 13.8. The van der Waals surface area contributed by atoms with Crippen molar-refractivity contribution in [3.8, 4) is 0 Å². The minimum atomic E-state index is -0.333. The second-order valence-corrected chi connectivity index (χ2v) is 6.16. The lowest BCUT2D eigenvalue weighted by atomic mass is 10.1. The van der Waals surface area contributed by atoms with Gasteiger partial charge < -0.3 is 15.1 Å². The van der Waals surface area contributed by atoms with Crippen LogP contribution in [0.25, 0.3) is 11.0 Å². The topological polar surface area (TPSA) is 54.3 Å². The summed E-state index contributed by atoms with van der Waals surface area (Å²) < 4.78 is 5.24. The molecule has 1 heterocycles. The molecule has 4 nitrogen and oxygen atoms in total. The third-order valence-electron chi connectivity index (χ3n) is 3.78. The maximum absolute atomic E-state index is 11.5. The van der Waals surface area contributed by atoms with Crippen molar-refractivity contribution in [2.75, 3.05) is 11.9 Å². The molecule has 2 rings (SSSR count). The molecule has 0 amide bonds. The smallest absolute Gasteiger partial charge is 0.336 e. The van der Waals surface area contributed by atoms with Crippen LogP contribution in [0.2, 0.25) is 0 Å². The average molecular weight is 332 g/mol. The Bertz CT molecular complexity index is 725. The SMILES string of the molecule is CCCCCCCNC(=S)Nc1ccc2c(C)cc(=O)oc2c1. The van der Waals surface area contributed by atoms with Gasteiger partial charge in [-0.15, -0.1) is 0 Å². The van der Waals surface area contributed by atoms with Crippen LogP contribution < -0.4 is 16.3 Å². The Morgan fingerprint density at radius 1 is 1.17 bits per heavy atom. The summed E-state index contributed by atoms with van der Waals surface area (Å²) in [5.74, 6) is 0. The summed E-state index contributed by atoms with van der Waals surface area (Å²) in [5, 5.41) is 7.87. The highest BCUT2D eigenvalue weighted by atomic mass is 32.1. The molecule has 0 radical (unpaired) electrons. The van der Waals surface area contributed by atoms with Crippen molar-refractivity contribution >= 4 is 34.0 Å². The van der Waals surface area contributed by atoms with Crippen molar-refractivity contribution in [1.29, 1.82) is 0 Å². The molecule has 5 heteroatoms. The monoisotopic (exact) mass is 332 g/mol. The fourth-order valence-corrected chi connectivity index (χ4v) is 2.73. The number of benzene rings is 1. The van der Waals surface area contributed by atoms with Gasteiger partial charge >= 0.3 is 5.63 Å². The molecule has 2 aromatic rings. The van der Waals surface area contributed by atoms with Gasteiger partial charge in [-0.2, -0.15) is 0 Å². The molecule has 0 atom stereocenters. The number of fused-ring (bicyclic) bond motifs is 1. The van der Waals surface area contributed by atoms with Gasteiger partial charge in [-0.3, -0.25) is 0 Å². The predicted molar refractivity (Wildman–Crippen MR) is 100 cm³/mol. The summed E-state index contributed by atoms with van der Waals surface area (Å²) in [6.45, 7) is 4.98. The summed E-state index contributed by atoms with van der Waals surface area (Å²) in [7, 11) is 0. The molecule has 23 heavy (non-hydrogen) atoms. The number of aryl methyl sites for hydroxylation is 1. The first kappa shape index (κ1) is 17.5. The number of nitrogens with one attached hydrogen (secondary N) is 2. The van der Waals surface area contributed by atoms with E-state index < -0.39 is 0 Å². The number of hydrogen-bond donors (Lipinski definition) is 2. The normalized spacial score (nSPS) is 10.7. The molecule has 0 spiro atoms. The van der Waals surface area contributed by atoms with Crippen LogP contribution in [-0.4, -0.2) is 11.7 Å². The van der Waals surface area contributed by atoms with E-state index in [1.54, 1.807) is 6.07 Å². The second-order valence-electron chi connectivity index (χ2n) is 5.75. The van der Waals surface area contributed by atoms with Crippen LogP contribution in [0.3, 0.4) is 0 Å². The highest BCUT2D eigenvalue weighted by Gasteiger charge is 2.04. The Labute approximate surface area is 142 Å². The number of rotatable bonds is 7. The van der Waals surface area contributed by atoms with E-state index >= 15 is 0 Å². The Morgan fingerprint density at radius 3 is 2.74 bits per heavy atom. The Kier molecular flexibility index (Phi) is 6.59. The third-order valence-corrected chi connectivity index (χ3v) is 4.02. The number of unbranched alkanes of at least 4 members (excludes halogenated alkanes) is 4. The minimum absolute atomic E-state index is 0.333. The summed E-state index contributed by atoms with van der Waals surface area (Å²) in [5.41, 5.74) is 1.97. The molecule has 0 aliphatic heterocycles. The fourth-order valence-electron chi connectivity index (χ4n) is 2.51. The molecule has 2 N–H and O–H groups in total. The highest BCUT2D eigenvalue weighted by molar-refractivity contribution is 7.80. The van der Waals surface area contributed by atoms with Crippen molar-refractivity contribution in [2.24, 2.45) is 0 Å². The van der Waals surface area contributed by atoms with E-state index in [0.717, 1.165) is 29.6 Å². The summed E-state index contributed by atoms with van der Waals surface area (Å²) >= 11 is 5.30. The Morgan fingerprint density at radius 2 is 1.96 bits per heavy atom. The third kappa shape index (κ3) is 5.36. The van der Waals surface area contributed by atoms with Gasteiger partial charge in [0.2, 0.25) is 0 Å². The van der Waals surface area contributed by atoms with Crippen molar-refractivity contribution in [2.45, 2.75) is 46.0 Å². The Hall–Kier alpha value is -1.88. The standard InChI is InChI=1S/C18H24N2O2S/c1-3-4-5-6-7-10-19-18(23)20-14-8-9-15-13(2)11-17(21)22-16(15)12-14/h8-9,11-12H,3-7,10H2,1-2H3,(H2,19,20,23). The van der Waals surface area contributed by atoms with Gasteiger partial charge in [-0.1, -0.05) is 32.6 Å². The summed E-state index contributed by atoms with van der Waals surface area (Å²) in [6, 6.07) is 7.17. The van der Waals surface area contributed by atoms with Crippen LogP contribution in [0.1, 0.15) is 44.6 Å². The first-order valence-electron chi connectivity index (χ1n) is 8.19. The fraction of sp³-hybridized carbons (Fsp3) is 0.444. The molecule has 0 aliphatic rings. The van der Waals surface area contributed by atoms with E-state index in [0.29, 0.717) is 10.7 Å². The van der Waals surface area contributed by atoms with Crippen LogP contribution in [0.15, 0.2) is 33.5 Å². The molecule has 1 aromatic carbocycles. The van der Waals surface area contributed by atoms with Gasteiger partial charge in [0.15, 0.2) is 5.11 Å². The molecule has 124 valence electrons. The maximum Gasteiger partial charge on any atom is 0.336 e. The van der Waals surface area contributed by atoms with Gasteiger partial charge in [-0.05, 0) is 43.3 Å². The van der Waals surface area contributed by atoms with E-state index in [9.17, 15) is 4.79 Å². The van der Waals surface area contributed by atoms with E-state index in [1.807, 2.05) is 19.1 Å². The maximum atomic E-state index is 11.5. The lowest BCUT2D eigenvalue weighted by molar-refractivity contribution is 0.560. The molecular formula is C18H24N2O2S. The molecule has 0 saturated heterocycles. The number of hydrogen-bond acceptors (Lipinski definition) is 3. The first-order chi connectivity index (χ1) is 11.1. The zero-order chi connectivity index (χ0) is 16.7. The van der Waals surface area contributed by atoms with Crippen LogP contribution in [0, 0.1) is 6.92 Å². The average Bonchev–Trinajstić information content (AvgIpc) is 2.50. The Balaban J connectivity index is 1.89. The molecule has 0 fully saturated rings. The zero-order valence-corrected chi connectivity index (χ0v) is 14.6. The largest absolute Gasteiger partial charge is 0.423 e. The van der Waals surface area contributed by atoms with Crippen LogP contribution >= 0.6 is 12.2 Å². The number of anilines is 1. The molecule has 0 unspecified atom stereocenters. The second kappa shape index (κ2) is 8.67. The predicted octanol–water partition coefficient (Wildman–Crippen LogP) is 4.36. The highest BCUT2D eigenvalue weighted by Crippen LogP contribution is 2.20. The summed E-state index contributed by atoms with van der Waals surface area (Å²) in [6.07, 6.45) is 6.17. The molecule has 0 aliphatic carbocycles. The van der Waals surface area contributed by atoms with Crippen molar-refractivity contribution in [3.05, 3.63) is 40.2 Å².